The lowest BCUT2D eigenvalue weighted by molar-refractivity contribution is 0.501. The Labute approximate surface area is 139 Å². The van der Waals surface area contributed by atoms with Crippen LogP contribution >= 0.6 is 0 Å². The predicted octanol–water partition coefficient (Wildman–Crippen LogP) is 3.39. The first kappa shape index (κ1) is 16.5. The van der Waals surface area contributed by atoms with Crippen LogP contribution < -0.4 is 5.32 Å². The second kappa shape index (κ2) is 7.49. The highest BCUT2D eigenvalue weighted by Gasteiger charge is 2.07. The van der Waals surface area contributed by atoms with Crippen molar-refractivity contribution in [3.8, 4) is 0 Å². The van der Waals surface area contributed by atoms with E-state index in [4.69, 9.17) is 0 Å². The Bertz CT molecular complexity index is 816. The third-order valence-electron chi connectivity index (χ3n) is 4.04. The minimum absolute atomic E-state index is 0.202. The zero-order chi connectivity index (χ0) is 16.9. The average molecular weight is 330 g/mol. The maximum absolute atomic E-state index is 13.2. The van der Waals surface area contributed by atoms with Crippen molar-refractivity contribution in [1.82, 2.24) is 20.7 Å². The first-order valence-electron chi connectivity index (χ1n) is 8.08. The monoisotopic (exact) mass is 330 g/mol. The third-order valence-corrected chi connectivity index (χ3v) is 4.04. The number of hydrogen-bond donors (Lipinski definition) is 2. The molecule has 0 saturated carbocycles. The van der Waals surface area contributed by atoms with Gasteiger partial charge in [-0.25, -0.2) is 8.78 Å². The van der Waals surface area contributed by atoms with Crippen molar-refractivity contribution < 1.29 is 8.78 Å². The Balaban J connectivity index is 1.43. The van der Waals surface area contributed by atoms with Gasteiger partial charge in [0.05, 0.1) is 0 Å². The van der Waals surface area contributed by atoms with E-state index in [1.807, 2.05) is 19.1 Å². The summed E-state index contributed by atoms with van der Waals surface area (Å²) in [7, 11) is 0. The highest BCUT2D eigenvalue weighted by atomic mass is 19.2. The third kappa shape index (κ3) is 4.14. The molecule has 0 saturated heterocycles. The van der Waals surface area contributed by atoms with Gasteiger partial charge in [-0.1, -0.05) is 12.1 Å². The molecule has 4 nitrogen and oxygen atoms in total. The molecule has 0 radical (unpaired) electrons. The second-order valence-electron chi connectivity index (χ2n) is 6.06. The molecule has 126 valence electrons. The number of nitrogens with one attached hydrogen (secondary N) is 2. The van der Waals surface area contributed by atoms with E-state index in [0.717, 1.165) is 36.0 Å². The molecule has 6 heteroatoms. The molecule has 1 atom stereocenters. The van der Waals surface area contributed by atoms with Crippen LogP contribution in [0.1, 0.15) is 24.5 Å². The van der Waals surface area contributed by atoms with Gasteiger partial charge >= 0.3 is 0 Å². The molecule has 0 amide bonds. The zero-order valence-corrected chi connectivity index (χ0v) is 13.5. The minimum atomic E-state index is -0.802. The fourth-order valence-corrected chi connectivity index (χ4v) is 2.77. The number of halogens is 2. The lowest BCUT2D eigenvalue weighted by Crippen LogP contribution is -2.29. The molecule has 0 aliphatic carbocycles. The molecule has 1 unspecified atom stereocenters. The van der Waals surface area contributed by atoms with Crippen LogP contribution in [0.15, 0.2) is 36.4 Å². The molecule has 0 aliphatic heterocycles. The summed E-state index contributed by atoms with van der Waals surface area (Å²) < 4.78 is 26.1. The van der Waals surface area contributed by atoms with Gasteiger partial charge in [-0.2, -0.15) is 15.4 Å². The molecule has 2 N–H and O–H groups in total. The van der Waals surface area contributed by atoms with Crippen molar-refractivity contribution in [3.63, 3.8) is 0 Å². The summed E-state index contributed by atoms with van der Waals surface area (Å²) in [5, 5.41) is 14.2. The molecule has 0 bridgehead atoms. The Kier molecular flexibility index (Phi) is 5.15. The molecular formula is C18H20F2N4. The van der Waals surface area contributed by atoms with E-state index >= 15 is 0 Å². The summed E-state index contributed by atoms with van der Waals surface area (Å²) in [6.07, 6.45) is 2.61. The molecule has 24 heavy (non-hydrogen) atoms. The van der Waals surface area contributed by atoms with Crippen LogP contribution in [0.5, 0.6) is 0 Å². The SMILES string of the molecule is CC(Cc1ccc(F)c(F)c1)NCCCc1ccc2n[nH]nc2c1. The van der Waals surface area contributed by atoms with Crippen LogP contribution in [0.2, 0.25) is 0 Å². The number of aromatic nitrogens is 3. The molecule has 0 fully saturated rings. The Morgan fingerprint density at radius 3 is 2.62 bits per heavy atom. The maximum atomic E-state index is 13.2. The molecular weight excluding hydrogens is 310 g/mol. The highest BCUT2D eigenvalue weighted by Crippen LogP contribution is 2.12. The standard InChI is InChI=1S/C18H20F2N4/c1-12(9-14-4-6-15(19)16(20)10-14)21-8-2-3-13-5-7-17-18(11-13)23-24-22-17/h4-7,10-12,21H,2-3,8-9H2,1H3,(H,22,23,24). The van der Waals surface area contributed by atoms with E-state index in [-0.39, 0.29) is 6.04 Å². The van der Waals surface area contributed by atoms with Crippen molar-refractivity contribution in [1.29, 1.82) is 0 Å². The predicted molar refractivity (Wildman–Crippen MR) is 89.7 cm³/mol. The summed E-state index contributed by atoms with van der Waals surface area (Å²) in [4.78, 5) is 0. The van der Waals surface area contributed by atoms with Crippen molar-refractivity contribution in [2.75, 3.05) is 6.54 Å². The van der Waals surface area contributed by atoms with Gasteiger partial charge in [0.2, 0.25) is 0 Å². The largest absolute Gasteiger partial charge is 0.314 e. The number of aryl methyl sites for hydroxylation is 1. The Hall–Kier alpha value is -2.34. The van der Waals surface area contributed by atoms with Gasteiger partial charge in [0.25, 0.3) is 0 Å². The van der Waals surface area contributed by atoms with E-state index in [2.05, 4.69) is 26.8 Å². The fraction of sp³-hybridized carbons (Fsp3) is 0.333. The number of rotatable bonds is 7. The number of hydrogen-bond acceptors (Lipinski definition) is 3. The second-order valence-corrected chi connectivity index (χ2v) is 6.06. The smallest absolute Gasteiger partial charge is 0.159 e. The van der Waals surface area contributed by atoms with Gasteiger partial charge in [0.1, 0.15) is 11.0 Å². The average Bonchev–Trinajstić information content (AvgIpc) is 3.03. The summed E-state index contributed by atoms with van der Waals surface area (Å²) in [6, 6.07) is 10.3. The van der Waals surface area contributed by atoms with Crippen LogP contribution in [0, 0.1) is 11.6 Å². The van der Waals surface area contributed by atoms with Crippen LogP contribution in [-0.4, -0.2) is 28.0 Å². The van der Waals surface area contributed by atoms with E-state index < -0.39 is 11.6 Å². The van der Waals surface area contributed by atoms with Gasteiger partial charge in [-0.05, 0) is 68.1 Å². The summed E-state index contributed by atoms with van der Waals surface area (Å²) in [6.45, 7) is 2.91. The normalized spacial score (nSPS) is 12.6. The first-order valence-corrected chi connectivity index (χ1v) is 8.08. The van der Waals surface area contributed by atoms with E-state index in [1.165, 1.54) is 17.7 Å². The molecule has 3 aromatic rings. The van der Waals surface area contributed by atoms with Crippen molar-refractivity contribution in [3.05, 3.63) is 59.2 Å². The number of benzene rings is 2. The molecule has 2 aromatic carbocycles. The lowest BCUT2D eigenvalue weighted by atomic mass is 10.1. The van der Waals surface area contributed by atoms with Crippen molar-refractivity contribution >= 4 is 11.0 Å². The zero-order valence-electron chi connectivity index (χ0n) is 13.5. The number of H-pyrrole nitrogens is 1. The topological polar surface area (TPSA) is 53.6 Å². The number of nitrogens with zero attached hydrogens (tertiary/aromatic N) is 2. The van der Waals surface area contributed by atoms with Crippen LogP contribution in [-0.2, 0) is 12.8 Å². The van der Waals surface area contributed by atoms with Gasteiger partial charge in [0, 0.05) is 6.04 Å². The van der Waals surface area contributed by atoms with Crippen molar-refractivity contribution in [2.24, 2.45) is 0 Å². The summed E-state index contributed by atoms with van der Waals surface area (Å²) in [5.41, 5.74) is 3.78. The highest BCUT2D eigenvalue weighted by molar-refractivity contribution is 5.74. The van der Waals surface area contributed by atoms with E-state index in [0.29, 0.717) is 6.42 Å². The van der Waals surface area contributed by atoms with Gasteiger partial charge in [0.15, 0.2) is 11.6 Å². The van der Waals surface area contributed by atoms with Gasteiger partial charge in [-0.15, -0.1) is 0 Å². The van der Waals surface area contributed by atoms with E-state index in [9.17, 15) is 8.78 Å². The lowest BCUT2D eigenvalue weighted by Gasteiger charge is -2.14. The molecule has 0 spiro atoms. The van der Waals surface area contributed by atoms with Crippen LogP contribution in [0.25, 0.3) is 11.0 Å². The quantitative estimate of drug-likeness (QED) is 0.653. The molecule has 1 aromatic heterocycles. The summed E-state index contributed by atoms with van der Waals surface area (Å²) >= 11 is 0. The Morgan fingerprint density at radius 1 is 1.00 bits per heavy atom. The molecule has 1 heterocycles. The van der Waals surface area contributed by atoms with E-state index in [1.54, 1.807) is 6.07 Å². The summed E-state index contributed by atoms with van der Waals surface area (Å²) in [5.74, 6) is -1.59. The maximum Gasteiger partial charge on any atom is 0.159 e. The van der Waals surface area contributed by atoms with Gasteiger partial charge in [-0.3, -0.25) is 0 Å². The number of fused-ring (bicyclic) bond motifs is 1. The number of aromatic amines is 1. The molecule has 3 rings (SSSR count). The fourth-order valence-electron chi connectivity index (χ4n) is 2.77. The minimum Gasteiger partial charge on any atom is -0.314 e. The van der Waals surface area contributed by atoms with Gasteiger partial charge < -0.3 is 5.32 Å². The van der Waals surface area contributed by atoms with Crippen LogP contribution in [0.3, 0.4) is 0 Å². The van der Waals surface area contributed by atoms with Crippen LogP contribution in [0.4, 0.5) is 8.78 Å². The Morgan fingerprint density at radius 2 is 1.79 bits per heavy atom. The molecule has 0 aliphatic rings. The van der Waals surface area contributed by atoms with Crippen molar-refractivity contribution in [2.45, 2.75) is 32.2 Å². The first-order chi connectivity index (χ1) is 11.6.